The van der Waals surface area contributed by atoms with Gasteiger partial charge in [0.15, 0.2) is 41.6 Å². The Labute approximate surface area is 429 Å². The largest absolute Gasteiger partial charge is 0.486 e. The van der Waals surface area contributed by atoms with E-state index in [4.69, 9.17) is 9.47 Å². The zero-order valence-corrected chi connectivity index (χ0v) is 43.9. The molecule has 10 rings (SSSR count). The molecule has 0 amide bonds. The van der Waals surface area contributed by atoms with Crippen molar-refractivity contribution in [3.8, 4) is 45.1 Å². The monoisotopic (exact) mass is 1040 g/mol. The van der Waals surface area contributed by atoms with Crippen LogP contribution in [0.4, 0.5) is 0 Å². The zero-order chi connectivity index (χ0) is 50.2. The number of aryl methyl sites for hydroxylation is 2. The highest BCUT2D eigenvalue weighted by atomic mass is 32.2. The number of sulfone groups is 2. The third-order valence-corrected chi connectivity index (χ3v) is 17.5. The van der Waals surface area contributed by atoms with Gasteiger partial charge in [0.05, 0.1) is 33.6 Å². The van der Waals surface area contributed by atoms with Gasteiger partial charge in [0.2, 0.25) is 0 Å². The fourth-order valence-corrected chi connectivity index (χ4v) is 12.7. The summed E-state index contributed by atoms with van der Waals surface area (Å²) in [6.45, 7) is 4.58. The van der Waals surface area contributed by atoms with Crippen LogP contribution >= 0.6 is 23.5 Å². The Kier molecular flexibility index (Phi) is 15.9. The molecule has 372 valence electrons. The highest BCUT2D eigenvalue weighted by Crippen LogP contribution is 2.37. The first-order valence-corrected chi connectivity index (χ1v) is 29.4. The molecule has 0 unspecified atom stereocenters. The van der Waals surface area contributed by atoms with Crippen LogP contribution in [0.5, 0.6) is 11.5 Å². The quantitative estimate of drug-likeness (QED) is 0.0894. The molecule has 0 bridgehead atoms. The van der Waals surface area contributed by atoms with E-state index >= 15 is 0 Å². The molecule has 4 heterocycles. The summed E-state index contributed by atoms with van der Waals surface area (Å²) in [6.07, 6.45) is 19.5. The summed E-state index contributed by atoms with van der Waals surface area (Å²) < 4.78 is 63.4. The maximum absolute atomic E-state index is 11.8. The predicted octanol–water partition coefficient (Wildman–Crippen LogP) is 11.3. The standard InChI is InChI=1S/2C27H28N4O3S2/c2*1-19-16-22(11-14-25(19)20-9-12-24(13-10-20)36(2,32)33)34-18-26-29-30-27(35-23-7-3-4-8-23)31(26)21-6-5-15-28-17-21/h2*5-6,9-17,23H,3-4,7-8,18H2,1-2H3. The van der Waals surface area contributed by atoms with Crippen LogP contribution in [0, 0.1) is 13.8 Å². The summed E-state index contributed by atoms with van der Waals surface area (Å²) >= 11 is 3.58. The van der Waals surface area contributed by atoms with Crippen LogP contribution in [0.15, 0.2) is 154 Å². The molecule has 18 heteroatoms. The minimum atomic E-state index is -3.22. The van der Waals surface area contributed by atoms with Crippen molar-refractivity contribution in [3.05, 3.63) is 157 Å². The predicted molar refractivity (Wildman–Crippen MR) is 283 cm³/mol. The fraction of sp³-hybridized carbons (Fsp3) is 0.296. The van der Waals surface area contributed by atoms with Crippen LogP contribution in [-0.4, -0.2) is 79.3 Å². The number of hydrogen-bond acceptors (Lipinski definition) is 14. The van der Waals surface area contributed by atoms with Gasteiger partial charge in [-0.15, -0.1) is 20.4 Å². The van der Waals surface area contributed by atoms with Crippen LogP contribution < -0.4 is 9.47 Å². The van der Waals surface area contributed by atoms with Crippen molar-refractivity contribution in [1.82, 2.24) is 39.5 Å². The molecule has 14 nitrogen and oxygen atoms in total. The molecule has 2 fully saturated rings. The Bertz CT molecular complexity index is 3120. The summed E-state index contributed by atoms with van der Waals surface area (Å²) in [7, 11) is -6.44. The third-order valence-electron chi connectivity index (χ3n) is 12.7. The SMILES string of the molecule is Cc1cc(OCc2nnc(SC3CCCC3)n2-c2cccnc2)ccc1-c1ccc(S(C)(=O)=O)cc1.Cc1cc(OCc2nnc(SC3CCCC3)n2-c2cccnc2)ccc1-c1ccc(S(C)(=O)=O)cc1. The van der Waals surface area contributed by atoms with Crippen molar-refractivity contribution in [2.75, 3.05) is 12.5 Å². The number of pyridine rings is 2. The van der Waals surface area contributed by atoms with Crippen molar-refractivity contribution in [2.45, 2.75) is 109 Å². The number of benzene rings is 4. The third kappa shape index (κ3) is 12.5. The Morgan fingerprint density at radius 3 is 1.25 bits per heavy atom. The normalized spacial score (nSPS) is 14.3. The number of ether oxygens (including phenoxy) is 2. The first-order chi connectivity index (χ1) is 34.8. The minimum Gasteiger partial charge on any atom is -0.486 e. The maximum Gasteiger partial charge on any atom is 0.196 e. The summed E-state index contributed by atoms with van der Waals surface area (Å²) in [5.41, 5.74) is 7.87. The molecule has 0 radical (unpaired) electrons. The van der Waals surface area contributed by atoms with Gasteiger partial charge < -0.3 is 9.47 Å². The smallest absolute Gasteiger partial charge is 0.196 e. The lowest BCUT2D eigenvalue weighted by atomic mass is 10.0. The highest BCUT2D eigenvalue weighted by molar-refractivity contribution is 8.00. The van der Waals surface area contributed by atoms with Crippen LogP contribution in [-0.2, 0) is 32.9 Å². The van der Waals surface area contributed by atoms with Gasteiger partial charge in [-0.25, -0.2) is 16.8 Å². The molecule has 0 aliphatic heterocycles. The van der Waals surface area contributed by atoms with Crippen molar-refractivity contribution in [3.63, 3.8) is 0 Å². The molecule has 2 saturated carbocycles. The molecule has 0 N–H and O–H groups in total. The van der Waals surface area contributed by atoms with Gasteiger partial charge >= 0.3 is 0 Å². The lowest BCUT2D eigenvalue weighted by Crippen LogP contribution is -2.08. The number of rotatable bonds is 16. The Morgan fingerprint density at radius 2 is 0.917 bits per heavy atom. The van der Waals surface area contributed by atoms with Crippen LogP contribution in [0.1, 0.15) is 74.1 Å². The highest BCUT2D eigenvalue weighted by Gasteiger charge is 2.24. The van der Waals surface area contributed by atoms with E-state index in [1.807, 2.05) is 120 Å². The molecule has 0 atom stereocenters. The molecule has 4 aromatic carbocycles. The van der Waals surface area contributed by atoms with E-state index in [9.17, 15) is 16.8 Å². The molecule has 2 aliphatic rings. The van der Waals surface area contributed by atoms with E-state index in [1.165, 1.54) is 63.9 Å². The number of thioether (sulfide) groups is 2. The van der Waals surface area contributed by atoms with Crippen LogP contribution in [0.2, 0.25) is 0 Å². The Morgan fingerprint density at radius 1 is 0.528 bits per heavy atom. The number of nitrogens with zero attached hydrogens (tertiary/aromatic N) is 8. The summed E-state index contributed by atoms with van der Waals surface area (Å²) in [5.74, 6) is 2.91. The average molecular weight is 1040 g/mol. The van der Waals surface area contributed by atoms with Gasteiger partial charge in [-0.3, -0.25) is 19.1 Å². The van der Waals surface area contributed by atoms with Crippen LogP contribution in [0.25, 0.3) is 33.6 Å². The van der Waals surface area contributed by atoms with Crippen LogP contribution in [0.3, 0.4) is 0 Å². The second kappa shape index (κ2) is 22.6. The molecule has 72 heavy (non-hydrogen) atoms. The van der Waals surface area contributed by atoms with Gasteiger partial charge in [-0.05, 0) is 146 Å². The number of aromatic nitrogens is 8. The van der Waals surface area contributed by atoms with Crippen molar-refractivity contribution in [1.29, 1.82) is 0 Å². The molecule has 2 aliphatic carbocycles. The Hall–Kier alpha value is -6.34. The van der Waals surface area contributed by atoms with E-state index in [2.05, 4.69) is 30.4 Å². The first kappa shape index (κ1) is 50.6. The van der Waals surface area contributed by atoms with Crippen molar-refractivity contribution in [2.24, 2.45) is 0 Å². The van der Waals surface area contributed by atoms with Gasteiger partial charge in [0.1, 0.15) is 24.7 Å². The second-order valence-corrected chi connectivity index (χ2v) is 24.6. The van der Waals surface area contributed by atoms with E-state index in [0.717, 1.165) is 78.2 Å². The maximum atomic E-state index is 11.8. The lowest BCUT2D eigenvalue weighted by molar-refractivity contribution is 0.292. The fourth-order valence-electron chi connectivity index (χ4n) is 8.90. The second-order valence-electron chi connectivity index (χ2n) is 18.1. The van der Waals surface area contributed by atoms with E-state index in [1.54, 1.807) is 60.2 Å². The van der Waals surface area contributed by atoms with Crippen molar-refractivity contribution < 1.29 is 26.3 Å². The summed E-state index contributed by atoms with van der Waals surface area (Å²) in [6, 6.07) is 33.5. The lowest BCUT2D eigenvalue weighted by Gasteiger charge is -2.13. The molecular formula is C54H56N8O6S4. The van der Waals surface area contributed by atoms with Gasteiger partial charge in [0, 0.05) is 35.4 Å². The van der Waals surface area contributed by atoms with E-state index in [-0.39, 0.29) is 13.2 Å². The molecule has 4 aromatic heterocycles. The van der Waals surface area contributed by atoms with Gasteiger partial charge in [0.25, 0.3) is 0 Å². The molecule has 0 saturated heterocycles. The number of hydrogen-bond donors (Lipinski definition) is 0. The minimum absolute atomic E-state index is 0.273. The average Bonchev–Trinajstić information content (AvgIpc) is 4.23. The van der Waals surface area contributed by atoms with Gasteiger partial charge in [-0.2, -0.15) is 0 Å². The molecule has 8 aromatic rings. The van der Waals surface area contributed by atoms with Gasteiger partial charge in [-0.1, -0.05) is 85.6 Å². The van der Waals surface area contributed by atoms with Crippen molar-refractivity contribution >= 4 is 43.2 Å². The zero-order valence-electron chi connectivity index (χ0n) is 40.6. The summed E-state index contributed by atoms with van der Waals surface area (Å²) in [5, 5.41) is 20.8. The summed E-state index contributed by atoms with van der Waals surface area (Å²) in [4.78, 5) is 9.19. The molecule has 0 spiro atoms. The van der Waals surface area contributed by atoms with E-state index < -0.39 is 19.7 Å². The van der Waals surface area contributed by atoms with E-state index in [0.29, 0.717) is 20.3 Å². The Balaban J connectivity index is 0.000000178. The molecular weight excluding hydrogens is 985 g/mol. The first-order valence-electron chi connectivity index (χ1n) is 23.9. The topological polar surface area (TPSA) is 174 Å².